The van der Waals surface area contributed by atoms with Crippen molar-refractivity contribution in [2.75, 3.05) is 10.6 Å². The number of nitrogens with zero attached hydrogens (tertiary/aromatic N) is 4. The second-order valence-corrected chi connectivity index (χ2v) is 5.59. The van der Waals surface area contributed by atoms with Gasteiger partial charge in [0.05, 0.1) is 29.0 Å². The van der Waals surface area contributed by atoms with Gasteiger partial charge in [0, 0.05) is 19.8 Å². The van der Waals surface area contributed by atoms with Crippen LogP contribution in [-0.4, -0.2) is 25.6 Å². The van der Waals surface area contributed by atoms with Gasteiger partial charge in [0.1, 0.15) is 0 Å². The summed E-state index contributed by atoms with van der Waals surface area (Å²) in [5.74, 6) is 0.507. The number of nitrogens with one attached hydrogen (secondary N) is 2. The average Bonchev–Trinajstić information content (AvgIpc) is 2.89. The summed E-state index contributed by atoms with van der Waals surface area (Å²) in [4.78, 5) is 12.0. The fourth-order valence-electron chi connectivity index (χ4n) is 2.13. The van der Waals surface area contributed by atoms with E-state index >= 15 is 0 Å². The number of aromatic nitrogens is 4. The quantitative estimate of drug-likeness (QED) is 0.908. The third kappa shape index (κ3) is 3.62. The molecule has 0 aliphatic heterocycles. The van der Waals surface area contributed by atoms with E-state index in [-0.39, 0.29) is 6.03 Å². The fraction of sp³-hybridized carbons (Fsp3) is 0.500. The molecule has 7 nitrogen and oxygen atoms in total. The van der Waals surface area contributed by atoms with E-state index in [4.69, 9.17) is 0 Å². The number of carbonyl (C=O) groups is 1. The van der Waals surface area contributed by atoms with Crippen molar-refractivity contribution in [2.45, 2.75) is 34.2 Å². The normalized spacial score (nSPS) is 11.0. The van der Waals surface area contributed by atoms with Crippen LogP contribution in [0.5, 0.6) is 0 Å². The molecule has 114 valence electrons. The molecular weight excluding hydrogens is 268 g/mol. The van der Waals surface area contributed by atoms with E-state index in [0.29, 0.717) is 11.6 Å². The van der Waals surface area contributed by atoms with Crippen molar-refractivity contribution in [1.29, 1.82) is 0 Å². The van der Waals surface area contributed by atoms with Gasteiger partial charge in [-0.2, -0.15) is 10.2 Å². The molecule has 2 rings (SSSR count). The summed E-state index contributed by atoms with van der Waals surface area (Å²) in [5, 5.41) is 14.1. The Kier molecular flexibility index (Phi) is 4.30. The zero-order chi connectivity index (χ0) is 15.6. The van der Waals surface area contributed by atoms with E-state index < -0.39 is 0 Å². The monoisotopic (exact) mass is 290 g/mol. The Bertz CT molecular complexity index is 640. The molecule has 0 aliphatic rings. The zero-order valence-electron chi connectivity index (χ0n) is 13.1. The van der Waals surface area contributed by atoms with Gasteiger partial charge in [-0.25, -0.2) is 4.79 Å². The predicted octanol–water partition coefficient (Wildman–Crippen LogP) is 2.53. The van der Waals surface area contributed by atoms with Crippen LogP contribution in [0.3, 0.4) is 0 Å². The molecule has 0 spiro atoms. The number of carbonyl (C=O) groups excluding carboxylic acids is 1. The van der Waals surface area contributed by atoms with Crippen molar-refractivity contribution in [3.63, 3.8) is 0 Å². The maximum Gasteiger partial charge on any atom is 0.323 e. The number of rotatable bonds is 4. The van der Waals surface area contributed by atoms with Crippen LogP contribution in [0.25, 0.3) is 0 Å². The number of hydrogen-bond acceptors (Lipinski definition) is 3. The number of amides is 2. The molecule has 0 aliphatic carbocycles. The molecular formula is C14H22N6O. The maximum atomic E-state index is 12.0. The van der Waals surface area contributed by atoms with E-state index in [9.17, 15) is 4.79 Å². The third-order valence-corrected chi connectivity index (χ3v) is 3.19. The minimum Gasteiger partial charge on any atom is -0.305 e. The lowest BCUT2D eigenvalue weighted by Gasteiger charge is -2.06. The van der Waals surface area contributed by atoms with Crippen LogP contribution in [0, 0.1) is 19.8 Å². The molecule has 2 aromatic heterocycles. The van der Waals surface area contributed by atoms with Crippen LogP contribution >= 0.6 is 0 Å². The summed E-state index contributed by atoms with van der Waals surface area (Å²) < 4.78 is 3.56. The van der Waals surface area contributed by atoms with Gasteiger partial charge in [0.25, 0.3) is 0 Å². The van der Waals surface area contributed by atoms with Crippen molar-refractivity contribution in [2.24, 2.45) is 13.0 Å². The largest absolute Gasteiger partial charge is 0.323 e. The first-order valence-corrected chi connectivity index (χ1v) is 6.97. The van der Waals surface area contributed by atoms with Crippen molar-refractivity contribution >= 4 is 17.4 Å². The number of anilines is 2. The highest BCUT2D eigenvalue weighted by Gasteiger charge is 2.13. The van der Waals surface area contributed by atoms with Gasteiger partial charge in [-0.3, -0.25) is 9.36 Å². The summed E-state index contributed by atoms with van der Waals surface area (Å²) in [6, 6.07) is -0.293. The summed E-state index contributed by atoms with van der Waals surface area (Å²) in [6.07, 6.45) is 3.47. The average molecular weight is 290 g/mol. The topological polar surface area (TPSA) is 76.8 Å². The Morgan fingerprint density at radius 1 is 1.33 bits per heavy atom. The highest BCUT2D eigenvalue weighted by Crippen LogP contribution is 2.18. The van der Waals surface area contributed by atoms with E-state index in [1.54, 1.807) is 10.9 Å². The zero-order valence-corrected chi connectivity index (χ0v) is 13.1. The van der Waals surface area contributed by atoms with Crippen LogP contribution in [0.15, 0.2) is 12.4 Å². The Labute approximate surface area is 124 Å². The van der Waals surface area contributed by atoms with Gasteiger partial charge in [-0.05, 0) is 19.8 Å². The van der Waals surface area contributed by atoms with E-state index in [0.717, 1.165) is 23.6 Å². The van der Waals surface area contributed by atoms with Crippen LogP contribution in [0.4, 0.5) is 16.2 Å². The maximum absolute atomic E-state index is 12.0. The first kappa shape index (κ1) is 15.1. The molecule has 0 atom stereocenters. The highest BCUT2D eigenvalue weighted by atomic mass is 16.2. The first-order chi connectivity index (χ1) is 9.86. The Morgan fingerprint density at radius 3 is 2.62 bits per heavy atom. The van der Waals surface area contributed by atoms with Crippen molar-refractivity contribution < 1.29 is 4.79 Å². The van der Waals surface area contributed by atoms with E-state index in [1.165, 1.54) is 0 Å². The van der Waals surface area contributed by atoms with Crippen LogP contribution < -0.4 is 10.6 Å². The summed E-state index contributed by atoms with van der Waals surface area (Å²) in [5.41, 5.74) is 3.12. The lowest BCUT2D eigenvalue weighted by molar-refractivity contribution is 0.262. The first-order valence-electron chi connectivity index (χ1n) is 6.97. The van der Waals surface area contributed by atoms with Crippen molar-refractivity contribution in [3.8, 4) is 0 Å². The number of hydrogen-bond donors (Lipinski definition) is 2. The fourth-order valence-corrected chi connectivity index (χ4v) is 2.13. The molecule has 0 fully saturated rings. The molecule has 2 heterocycles. The van der Waals surface area contributed by atoms with Gasteiger partial charge in [-0.1, -0.05) is 13.8 Å². The second-order valence-electron chi connectivity index (χ2n) is 5.59. The molecule has 0 radical (unpaired) electrons. The summed E-state index contributed by atoms with van der Waals surface area (Å²) >= 11 is 0. The van der Waals surface area contributed by atoms with Gasteiger partial charge < -0.3 is 10.6 Å². The molecule has 2 N–H and O–H groups in total. The highest BCUT2D eigenvalue weighted by molar-refractivity contribution is 6.00. The molecule has 7 heteroatoms. The third-order valence-electron chi connectivity index (χ3n) is 3.19. The van der Waals surface area contributed by atoms with Gasteiger partial charge in [0.2, 0.25) is 0 Å². The second kappa shape index (κ2) is 5.99. The van der Waals surface area contributed by atoms with Gasteiger partial charge >= 0.3 is 6.03 Å². The molecule has 0 bridgehead atoms. The summed E-state index contributed by atoms with van der Waals surface area (Å²) in [6.45, 7) is 8.84. The smallest absolute Gasteiger partial charge is 0.305 e. The minimum absolute atomic E-state index is 0.293. The molecule has 0 saturated carbocycles. The molecule has 0 aromatic carbocycles. The Morgan fingerprint density at radius 2 is 2.05 bits per heavy atom. The molecule has 2 amide bonds. The molecule has 0 saturated heterocycles. The van der Waals surface area contributed by atoms with Crippen molar-refractivity contribution in [3.05, 3.63) is 23.8 Å². The van der Waals surface area contributed by atoms with Crippen LogP contribution in [0.2, 0.25) is 0 Å². The van der Waals surface area contributed by atoms with Gasteiger partial charge in [0.15, 0.2) is 0 Å². The Hall–Kier alpha value is -2.31. The molecule has 21 heavy (non-hydrogen) atoms. The number of urea groups is 1. The van der Waals surface area contributed by atoms with E-state index in [2.05, 4.69) is 34.7 Å². The predicted molar refractivity (Wildman–Crippen MR) is 82.4 cm³/mol. The standard InChI is InChI=1S/C14H22N6O/c1-9(2)7-20-8-12(6-15-20)16-14(21)17-13-10(3)18-19(5)11(13)4/h6,8-9H,7H2,1-5H3,(H2,16,17,21). The van der Waals surface area contributed by atoms with Crippen LogP contribution in [-0.2, 0) is 13.6 Å². The van der Waals surface area contributed by atoms with E-state index in [1.807, 2.05) is 31.8 Å². The lowest BCUT2D eigenvalue weighted by atomic mass is 10.2. The minimum atomic E-state index is -0.293. The SMILES string of the molecule is Cc1nn(C)c(C)c1NC(=O)Nc1cnn(CC(C)C)c1. The molecule has 0 unspecified atom stereocenters. The number of aryl methyl sites for hydroxylation is 2. The van der Waals surface area contributed by atoms with Gasteiger partial charge in [-0.15, -0.1) is 0 Å². The van der Waals surface area contributed by atoms with Crippen molar-refractivity contribution in [1.82, 2.24) is 19.6 Å². The Balaban J connectivity index is 2.00. The lowest BCUT2D eigenvalue weighted by Crippen LogP contribution is -2.20. The summed E-state index contributed by atoms with van der Waals surface area (Å²) in [7, 11) is 1.85. The molecule has 2 aromatic rings. The van der Waals surface area contributed by atoms with Crippen LogP contribution in [0.1, 0.15) is 25.2 Å².